The number of carboxylic acids is 1. The molecule has 1 aromatic carbocycles. The van der Waals surface area contributed by atoms with Crippen LogP contribution >= 0.6 is 0 Å². The van der Waals surface area contributed by atoms with Crippen LogP contribution in [0.15, 0.2) is 18.2 Å². The lowest BCUT2D eigenvalue weighted by Gasteiger charge is -1.99. The van der Waals surface area contributed by atoms with Gasteiger partial charge in [0.2, 0.25) is 0 Å². The molecule has 0 spiro atoms. The molecule has 16 heavy (non-hydrogen) atoms. The largest absolute Gasteiger partial charge is 0.478 e. The third-order valence-corrected chi connectivity index (χ3v) is 2.34. The van der Waals surface area contributed by atoms with Gasteiger partial charge in [-0.1, -0.05) is 6.07 Å². The molecule has 1 heterocycles. The Morgan fingerprint density at radius 2 is 2.19 bits per heavy atom. The summed E-state index contributed by atoms with van der Waals surface area (Å²) in [5, 5.41) is 12.6. The lowest BCUT2D eigenvalue weighted by atomic mass is 10.1. The zero-order valence-corrected chi connectivity index (χ0v) is 8.32. The zero-order valence-electron chi connectivity index (χ0n) is 8.32. The van der Waals surface area contributed by atoms with Crippen LogP contribution in [0.1, 0.15) is 22.5 Å². The Labute approximate surface area is 89.1 Å². The van der Waals surface area contributed by atoms with E-state index < -0.39 is 18.1 Å². The van der Waals surface area contributed by atoms with Crippen LogP contribution in [-0.4, -0.2) is 20.9 Å². The number of hydrogen-bond donors (Lipinski definition) is 1. The standard InChI is InChI=1S/C10H8F2N2O2/c1-14-6-4-2-3-5(10(15)16)7(6)8(13-14)9(11)12/h2-4,9H,1H3,(H,15,16). The molecular formula is C10H8F2N2O2. The van der Waals surface area contributed by atoms with E-state index >= 15 is 0 Å². The number of alkyl halides is 2. The second-order valence-electron chi connectivity index (χ2n) is 3.31. The number of halogens is 2. The minimum atomic E-state index is -2.79. The summed E-state index contributed by atoms with van der Waals surface area (Å²) < 4.78 is 26.6. The first-order valence-corrected chi connectivity index (χ1v) is 4.49. The van der Waals surface area contributed by atoms with Gasteiger partial charge in [0.25, 0.3) is 6.43 Å². The van der Waals surface area contributed by atoms with Gasteiger partial charge in [0, 0.05) is 12.4 Å². The topological polar surface area (TPSA) is 55.1 Å². The minimum Gasteiger partial charge on any atom is -0.478 e. The van der Waals surface area contributed by atoms with Crippen LogP contribution in [0.2, 0.25) is 0 Å². The average molecular weight is 226 g/mol. The maximum absolute atomic E-state index is 12.7. The van der Waals surface area contributed by atoms with Gasteiger partial charge in [-0.3, -0.25) is 4.68 Å². The van der Waals surface area contributed by atoms with Crippen molar-refractivity contribution in [2.75, 3.05) is 0 Å². The van der Waals surface area contributed by atoms with E-state index in [1.807, 2.05) is 0 Å². The first-order chi connectivity index (χ1) is 7.52. The Kier molecular flexibility index (Phi) is 2.34. The molecule has 0 saturated heterocycles. The summed E-state index contributed by atoms with van der Waals surface area (Å²) in [6, 6.07) is 4.35. The molecule has 0 fully saturated rings. The highest BCUT2D eigenvalue weighted by Gasteiger charge is 2.22. The van der Waals surface area contributed by atoms with Crippen molar-refractivity contribution in [1.82, 2.24) is 9.78 Å². The van der Waals surface area contributed by atoms with Crippen LogP contribution in [0.4, 0.5) is 8.78 Å². The van der Waals surface area contributed by atoms with Gasteiger partial charge in [-0.2, -0.15) is 5.10 Å². The van der Waals surface area contributed by atoms with Gasteiger partial charge in [-0.25, -0.2) is 13.6 Å². The fraction of sp³-hybridized carbons (Fsp3) is 0.200. The molecule has 0 aliphatic rings. The van der Waals surface area contributed by atoms with Crippen molar-refractivity contribution < 1.29 is 18.7 Å². The number of carbonyl (C=O) groups is 1. The molecule has 2 rings (SSSR count). The molecule has 0 saturated carbocycles. The lowest BCUT2D eigenvalue weighted by Crippen LogP contribution is -1.98. The Hall–Kier alpha value is -1.98. The number of rotatable bonds is 2. The smallest absolute Gasteiger partial charge is 0.336 e. The van der Waals surface area contributed by atoms with Crippen molar-refractivity contribution >= 4 is 16.9 Å². The van der Waals surface area contributed by atoms with Crippen LogP contribution in [0.3, 0.4) is 0 Å². The second-order valence-corrected chi connectivity index (χ2v) is 3.31. The molecule has 0 radical (unpaired) electrons. The molecule has 2 aromatic rings. The van der Waals surface area contributed by atoms with Crippen LogP contribution in [-0.2, 0) is 7.05 Å². The lowest BCUT2D eigenvalue weighted by molar-refractivity contribution is 0.0699. The summed E-state index contributed by atoms with van der Waals surface area (Å²) in [5.41, 5.74) is -0.258. The second kappa shape index (κ2) is 3.55. The molecule has 1 aromatic heterocycles. The van der Waals surface area contributed by atoms with E-state index in [2.05, 4.69) is 5.10 Å². The highest BCUT2D eigenvalue weighted by molar-refractivity contribution is 6.03. The Morgan fingerprint density at radius 1 is 1.50 bits per heavy atom. The van der Waals surface area contributed by atoms with E-state index in [9.17, 15) is 13.6 Å². The van der Waals surface area contributed by atoms with Crippen LogP contribution < -0.4 is 0 Å². The van der Waals surface area contributed by atoms with Crippen molar-refractivity contribution in [3.63, 3.8) is 0 Å². The van der Waals surface area contributed by atoms with Gasteiger partial charge in [-0.15, -0.1) is 0 Å². The Balaban J connectivity index is 2.88. The normalized spacial score (nSPS) is 11.2. The monoisotopic (exact) mass is 226 g/mol. The van der Waals surface area contributed by atoms with Crippen LogP contribution in [0.5, 0.6) is 0 Å². The van der Waals surface area contributed by atoms with Crippen molar-refractivity contribution in [2.24, 2.45) is 7.05 Å². The molecule has 0 unspecified atom stereocenters. The highest BCUT2D eigenvalue weighted by Crippen LogP contribution is 2.29. The summed E-state index contributed by atoms with van der Waals surface area (Å²) in [7, 11) is 1.50. The predicted octanol–water partition coefficient (Wildman–Crippen LogP) is 2.21. The molecule has 0 amide bonds. The van der Waals surface area contributed by atoms with E-state index in [4.69, 9.17) is 5.11 Å². The molecule has 84 valence electrons. The maximum atomic E-state index is 12.7. The van der Waals surface area contributed by atoms with Crippen molar-refractivity contribution in [3.05, 3.63) is 29.5 Å². The number of aromatic carboxylic acids is 1. The number of nitrogens with zero attached hydrogens (tertiary/aromatic N) is 2. The number of fused-ring (bicyclic) bond motifs is 1. The van der Waals surface area contributed by atoms with E-state index in [-0.39, 0.29) is 10.9 Å². The average Bonchev–Trinajstić information content (AvgIpc) is 2.56. The van der Waals surface area contributed by atoms with E-state index in [0.29, 0.717) is 5.52 Å². The minimum absolute atomic E-state index is 0.00694. The summed E-state index contributed by atoms with van der Waals surface area (Å²) in [4.78, 5) is 10.9. The first kappa shape index (κ1) is 10.5. The quantitative estimate of drug-likeness (QED) is 0.854. The molecular weight excluding hydrogens is 218 g/mol. The van der Waals surface area contributed by atoms with Gasteiger partial charge in [0.1, 0.15) is 5.69 Å². The fourth-order valence-corrected chi connectivity index (χ4v) is 1.68. The van der Waals surface area contributed by atoms with Gasteiger partial charge in [0.05, 0.1) is 11.1 Å². The SMILES string of the molecule is Cn1nc(C(F)F)c2c(C(=O)O)cccc21. The van der Waals surface area contributed by atoms with E-state index in [1.54, 1.807) is 6.07 Å². The summed E-state index contributed by atoms with van der Waals surface area (Å²) in [6.07, 6.45) is -2.79. The number of aromatic nitrogens is 2. The highest BCUT2D eigenvalue weighted by atomic mass is 19.3. The van der Waals surface area contributed by atoms with Crippen molar-refractivity contribution in [1.29, 1.82) is 0 Å². The Bertz CT molecular complexity index is 563. The summed E-state index contributed by atoms with van der Waals surface area (Å²) >= 11 is 0. The zero-order chi connectivity index (χ0) is 11.9. The van der Waals surface area contributed by atoms with Gasteiger partial charge >= 0.3 is 5.97 Å². The third kappa shape index (κ3) is 1.42. The molecule has 6 heteroatoms. The number of carboxylic acid groups (broad SMARTS) is 1. The molecule has 0 aliphatic heterocycles. The van der Waals surface area contributed by atoms with Gasteiger partial charge < -0.3 is 5.11 Å². The van der Waals surface area contributed by atoms with Crippen molar-refractivity contribution in [2.45, 2.75) is 6.43 Å². The first-order valence-electron chi connectivity index (χ1n) is 4.49. The van der Waals surface area contributed by atoms with Gasteiger partial charge in [0.15, 0.2) is 0 Å². The summed E-state index contributed by atoms with van der Waals surface area (Å²) in [5.74, 6) is -1.24. The predicted molar refractivity (Wildman–Crippen MR) is 52.6 cm³/mol. The molecule has 0 aliphatic carbocycles. The van der Waals surface area contributed by atoms with Crippen LogP contribution in [0.25, 0.3) is 10.9 Å². The molecule has 1 N–H and O–H groups in total. The van der Waals surface area contributed by atoms with Crippen LogP contribution in [0, 0.1) is 0 Å². The Morgan fingerprint density at radius 3 is 2.75 bits per heavy atom. The van der Waals surface area contributed by atoms with Crippen molar-refractivity contribution in [3.8, 4) is 0 Å². The molecule has 0 bridgehead atoms. The molecule has 0 atom stereocenters. The number of aryl methyl sites for hydroxylation is 1. The third-order valence-electron chi connectivity index (χ3n) is 2.34. The number of benzene rings is 1. The van der Waals surface area contributed by atoms with Gasteiger partial charge in [-0.05, 0) is 12.1 Å². The number of hydrogen-bond acceptors (Lipinski definition) is 2. The maximum Gasteiger partial charge on any atom is 0.336 e. The van der Waals surface area contributed by atoms with E-state index in [1.165, 1.54) is 23.9 Å². The van der Waals surface area contributed by atoms with E-state index in [0.717, 1.165) is 0 Å². The fourth-order valence-electron chi connectivity index (χ4n) is 1.68. The summed E-state index contributed by atoms with van der Waals surface area (Å²) in [6.45, 7) is 0. The molecule has 4 nitrogen and oxygen atoms in total.